The molecule has 0 bridgehead atoms. The SMILES string of the molecule is C[C@H](C(=O)NCCc1ccccc1)N1C(=O)COc2ccc(C(=O)COc3cccc(Cl)c3)cc21. The van der Waals surface area contributed by atoms with Gasteiger partial charge < -0.3 is 14.8 Å². The number of carbonyl (C=O) groups excluding carboxylic acids is 3. The van der Waals surface area contributed by atoms with Crippen LogP contribution in [0, 0.1) is 0 Å². The molecule has 4 rings (SSSR count). The Bertz CT molecular complexity index is 1230. The first kappa shape index (κ1) is 24.3. The zero-order chi connectivity index (χ0) is 24.8. The summed E-state index contributed by atoms with van der Waals surface area (Å²) in [5.74, 6) is -0.0255. The number of nitrogens with one attached hydrogen (secondary N) is 1. The van der Waals surface area contributed by atoms with E-state index in [9.17, 15) is 14.4 Å². The number of halogens is 1. The molecule has 35 heavy (non-hydrogen) atoms. The normalized spacial score (nSPS) is 13.4. The van der Waals surface area contributed by atoms with E-state index in [1.54, 1.807) is 49.4 Å². The number of amides is 2. The Labute approximate surface area is 208 Å². The number of anilines is 1. The highest BCUT2D eigenvalue weighted by Crippen LogP contribution is 2.34. The third-order valence-corrected chi connectivity index (χ3v) is 5.88. The van der Waals surface area contributed by atoms with E-state index >= 15 is 0 Å². The van der Waals surface area contributed by atoms with Gasteiger partial charge in [-0.3, -0.25) is 19.3 Å². The monoisotopic (exact) mass is 492 g/mol. The third-order valence-electron chi connectivity index (χ3n) is 5.65. The molecular formula is C27H25ClN2O5. The van der Waals surface area contributed by atoms with Crippen molar-refractivity contribution in [1.82, 2.24) is 5.32 Å². The smallest absolute Gasteiger partial charge is 0.265 e. The second-order valence-electron chi connectivity index (χ2n) is 8.11. The fourth-order valence-corrected chi connectivity index (χ4v) is 3.98. The predicted molar refractivity (Wildman–Crippen MR) is 133 cm³/mol. The van der Waals surface area contributed by atoms with Crippen LogP contribution in [0.4, 0.5) is 5.69 Å². The van der Waals surface area contributed by atoms with Crippen LogP contribution in [0.3, 0.4) is 0 Å². The molecule has 0 unspecified atom stereocenters. The first-order chi connectivity index (χ1) is 16.9. The first-order valence-electron chi connectivity index (χ1n) is 11.2. The molecule has 7 nitrogen and oxygen atoms in total. The minimum atomic E-state index is -0.783. The summed E-state index contributed by atoms with van der Waals surface area (Å²) in [5.41, 5.74) is 1.82. The zero-order valence-electron chi connectivity index (χ0n) is 19.2. The fourth-order valence-electron chi connectivity index (χ4n) is 3.80. The summed E-state index contributed by atoms with van der Waals surface area (Å²) < 4.78 is 11.1. The molecule has 0 spiro atoms. The Morgan fingerprint density at radius 1 is 1.09 bits per heavy atom. The number of Topliss-reactive ketones (excluding diaryl/α,β-unsaturated/α-hetero) is 1. The number of hydrogen-bond acceptors (Lipinski definition) is 5. The van der Waals surface area contributed by atoms with E-state index in [-0.39, 0.29) is 30.8 Å². The molecule has 0 fully saturated rings. The summed E-state index contributed by atoms with van der Waals surface area (Å²) >= 11 is 5.96. The van der Waals surface area contributed by atoms with Crippen LogP contribution in [-0.2, 0) is 16.0 Å². The number of ketones is 1. The standard InChI is InChI=1S/C27H25ClN2O5/c1-18(27(33)29-13-12-19-6-3-2-4-7-19)30-23-14-20(10-11-25(23)35-17-26(30)32)24(31)16-34-22-9-5-8-21(28)15-22/h2-11,14-15,18H,12-13,16-17H2,1H3,(H,29,33)/t18-/m1/s1. The van der Waals surface area contributed by atoms with Crippen molar-refractivity contribution in [2.24, 2.45) is 0 Å². The van der Waals surface area contributed by atoms with E-state index in [0.717, 1.165) is 5.56 Å². The van der Waals surface area contributed by atoms with Crippen molar-refractivity contribution in [2.75, 3.05) is 24.7 Å². The average Bonchev–Trinajstić information content (AvgIpc) is 2.87. The van der Waals surface area contributed by atoms with Gasteiger partial charge in [0.1, 0.15) is 17.5 Å². The molecule has 0 saturated heterocycles. The molecule has 0 aromatic heterocycles. The minimum Gasteiger partial charge on any atom is -0.485 e. The molecule has 1 aliphatic heterocycles. The topological polar surface area (TPSA) is 84.9 Å². The van der Waals surface area contributed by atoms with Gasteiger partial charge in [-0.05, 0) is 55.3 Å². The highest BCUT2D eigenvalue weighted by molar-refractivity contribution is 6.30. The largest absolute Gasteiger partial charge is 0.485 e. The number of nitrogens with zero attached hydrogens (tertiary/aromatic N) is 1. The fraction of sp³-hybridized carbons (Fsp3) is 0.222. The maximum Gasteiger partial charge on any atom is 0.265 e. The molecule has 180 valence electrons. The lowest BCUT2D eigenvalue weighted by atomic mass is 10.1. The molecule has 1 N–H and O–H groups in total. The summed E-state index contributed by atoms with van der Waals surface area (Å²) in [6, 6.07) is 20.6. The number of benzene rings is 3. The Kier molecular flexibility index (Phi) is 7.67. The maximum absolute atomic E-state index is 12.8. The maximum atomic E-state index is 12.8. The van der Waals surface area contributed by atoms with Gasteiger partial charge in [-0.25, -0.2) is 0 Å². The number of hydrogen-bond donors (Lipinski definition) is 1. The molecule has 1 aliphatic rings. The van der Waals surface area contributed by atoms with Crippen molar-refractivity contribution in [3.8, 4) is 11.5 Å². The number of rotatable bonds is 9. The van der Waals surface area contributed by atoms with Crippen LogP contribution < -0.4 is 19.7 Å². The lowest BCUT2D eigenvalue weighted by molar-refractivity contribution is -0.127. The Morgan fingerprint density at radius 2 is 1.89 bits per heavy atom. The van der Waals surface area contributed by atoms with E-state index in [0.29, 0.717) is 40.7 Å². The van der Waals surface area contributed by atoms with E-state index in [1.807, 2.05) is 30.3 Å². The van der Waals surface area contributed by atoms with Crippen molar-refractivity contribution < 1.29 is 23.9 Å². The minimum absolute atomic E-state index is 0.181. The summed E-state index contributed by atoms with van der Waals surface area (Å²) in [6.07, 6.45) is 0.679. The summed E-state index contributed by atoms with van der Waals surface area (Å²) in [6.45, 7) is 1.71. The molecule has 1 heterocycles. The van der Waals surface area contributed by atoms with Crippen LogP contribution in [0.1, 0.15) is 22.8 Å². The second kappa shape index (κ2) is 11.1. The molecule has 0 radical (unpaired) electrons. The summed E-state index contributed by atoms with van der Waals surface area (Å²) in [4.78, 5) is 39.7. The Morgan fingerprint density at radius 3 is 2.66 bits per heavy atom. The van der Waals surface area contributed by atoms with Gasteiger partial charge in [0.2, 0.25) is 5.91 Å². The van der Waals surface area contributed by atoms with Crippen molar-refractivity contribution in [1.29, 1.82) is 0 Å². The third kappa shape index (κ3) is 6.00. The van der Waals surface area contributed by atoms with Crippen molar-refractivity contribution >= 4 is 34.9 Å². The van der Waals surface area contributed by atoms with Crippen molar-refractivity contribution in [3.05, 3.63) is 88.9 Å². The van der Waals surface area contributed by atoms with Crippen LogP contribution in [-0.4, -0.2) is 43.4 Å². The molecule has 1 atom stereocenters. The number of ether oxygens (including phenoxy) is 2. The van der Waals surface area contributed by atoms with Gasteiger partial charge in [-0.1, -0.05) is 48.0 Å². The highest BCUT2D eigenvalue weighted by Gasteiger charge is 2.33. The van der Waals surface area contributed by atoms with Gasteiger partial charge >= 0.3 is 0 Å². The summed E-state index contributed by atoms with van der Waals surface area (Å²) in [7, 11) is 0. The zero-order valence-corrected chi connectivity index (χ0v) is 20.0. The molecular weight excluding hydrogens is 468 g/mol. The number of fused-ring (bicyclic) bond motifs is 1. The van der Waals surface area contributed by atoms with Gasteiger partial charge in [0.15, 0.2) is 19.0 Å². The van der Waals surface area contributed by atoms with Crippen LogP contribution in [0.2, 0.25) is 5.02 Å². The molecule has 3 aromatic rings. The highest BCUT2D eigenvalue weighted by atomic mass is 35.5. The van der Waals surface area contributed by atoms with Crippen LogP contribution in [0.25, 0.3) is 0 Å². The molecule has 3 aromatic carbocycles. The Balaban J connectivity index is 1.44. The van der Waals surface area contributed by atoms with E-state index in [1.165, 1.54) is 4.90 Å². The van der Waals surface area contributed by atoms with Crippen molar-refractivity contribution in [3.63, 3.8) is 0 Å². The molecule has 8 heteroatoms. The molecule has 0 saturated carbocycles. The summed E-state index contributed by atoms with van der Waals surface area (Å²) in [5, 5.41) is 3.39. The average molecular weight is 493 g/mol. The first-order valence-corrected chi connectivity index (χ1v) is 11.6. The second-order valence-corrected chi connectivity index (χ2v) is 8.54. The van der Waals surface area contributed by atoms with Gasteiger partial charge in [-0.2, -0.15) is 0 Å². The number of carbonyl (C=O) groups is 3. The van der Waals surface area contributed by atoms with Gasteiger partial charge in [-0.15, -0.1) is 0 Å². The van der Waals surface area contributed by atoms with Gasteiger partial charge in [0, 0.05) is 17.1 Å². The van der Waals surface area contributed by atoms with Gasteiger partial charge in [0.05, 0.1) is 5.69 Å². The van der Waals surface area contributed by atoms with Gasteiger partial charge in [0.25, 0.3) is 5.91 Å². The lowest BCUT2D eigenvalue weighted by Crippen LogP contribution is -2.51. The quantitative estimate of drug-likeness (QED) is 0.455. The van der Waals surface area contributed by atoms with Crippen LogP contribution >= 0.6 is 11.6 Å². The van der Waals surface area contributed by atoms with Crippen molar-refractivity contribution in [2.45, 2.75) is 19.4 Å². The van der Waals surface area contributed by atoms with E-state index in [2.05, 4.69) is 5.32 Å². The van der Waals surface area contributed by atoms with Crippen LogP contribution in [0.15, 0.2) is 72.8 Å². The molecule has 0 aliphatic carbocycles. The van der Waals surface area contributed by atoms with E-state index in [4.69, 9.17) is 21.1 Å². The van der Waals surface area contributed by atoms with E-state index < -0.39 is 6.04 Å². The van der Waals surface area contributed by atoms with Crippen LogP contribution in [0.5, 0.6) is 11.5 Å². The lowest BCUT2D eigenvalue weighted by Gasteiger charge is -2.33. The Hall–Kier alpha value is -3.84. The molecule has 2 amide bonds. The predicted octanol–water partition coefficient (Wildman–Crippen LogP) is 4.07.